The number of hydrogen-bond acceptors (Lipinski definition) is 4. The summed E-state index contributed by atoms with van der Waals surface area (Å²) in [5.74, 6) is 1.27. The van der Waals surface area contributed by atoms with E-state index < -0.39 is 0 Å². The van der Waals surface area contributed by atoms with E-state index in [1.807, 2.05) is 11.8 Å². The van der Waals surface area contributed by atoms with E-state index in [-0.39, 0.29) is 17.7 Å². The van der Waals surface area contributed by atoms with Crippen LogP contribution in [0.1, 0.15) is 26.2 Å². The first-order valence-electron chi connectivity index (χ1n) is 7.89. The van der Waals surface area contributed by atoms with Crippen LogP contribution in [0.4, 0.5) is 5.69 Å². The first kappa shape index (κ1) is 17.1. The van der Waals surface area contributed by atoms with Gasteiger partial charge in [-0.1, -0.05) is 6.92 Å². The maximum Gasteiger partial charge on any atom is 0.227 e. The Morgan fingerprint density at radius 1 is 1.22 bits per heavy atom. The molecule has 0 aromatic heterocycles. The molecule has 0 aliphatic carbocycles. The molecule has 0 radical (unpaired) electrons. The molecule has 6 nitrogen and oxygen atoms in total. The number of nitrogens with one attached hydrogen (secondary N) is 1. The summed E-state index contributed by atoms with van der Waals surface area (Å²) < 4.78 is 10.5. The standard InChI is InChI=1S/C17H24N2O4/c1-4-16(20)19-9-7-12(8-10-19)17(21)18-14-11-13(22-2)5-6-15(14)23-3/h5-6,11-12H,4,7-10H2,1-3H3,(H,18,21). The quantitative estimate of drug-likeness (QED) is 0.904. The number of anilines is 1. The molecule has 1 aromatic rings. The zero-order chi connectivity index (χ0) is 16.8. The summed E-state index contributed by atoms with van der Waals surface area (Å²) in [7, 11) is 3.14. The zero-order valence-corrected chi connectivity index (χ0v) is 13.9. The lowest BCUT2D eigenvalue weighted by Crippen LogP contribution is -2.41. The summed E-state index contributed by atoms with van der Waals surface area (Å²) in [6.45, 7) is 3.14. The largest absolute Gasteiger partial charge is 0.497 e. The van der Waals surface area contributed by atoms with Crippen molar-refractivity contribution in [3.63, 3.8) is 0 Å². The van der Waals surface area contributed by atoms with E-state index in [0.717, 1.165) is 0 Å². The van der Waals surface area contributed by atoms with Crippen LogP contribution in [-0.2, 0) is 9.59 Å². The number of amides is 2. The van der Waals surface area contributed by atoms with Crippen LogP contribution in [0.5, 0.6) is 11.5 Å². The molecule has 1 aliphatic heterocycles. The van der Waals surface area contributed by atoms with Crippen molar-refractivity contribution >= 4 is 17.5 Å². The molecule has 0 saturated carbocycles. The lowest BCUT2D eigenvalue weighted by Gasteiger charge is -2.31. The number of piperidine rings is 1. The summed E-state index contributed by atoms with van der Waals surface area (Å²) >= 11 is 0. The summed E-state index contributed by atoms with van der Waals surface area (Å²) in [5, 5.41) is 2.92. The fraction of sp³-hybridized carbons (Fsp3) is 0.529. The number of ether oxygens (including phenoxy) is 2. The summed E-state index contributed by atoms with van der Waals surface area (Å²) in [6.07, 6.45) is 1.88. The van der Waals surface area contributed by atoms with E-state index in [0.29, 0.717) is 49.5 Å². The molecule has 2 amide bonds. The zero-order valence-electron chi connectivity index (χ0n) is 13.9. The lowest BCUT2D eigenvalue weighted by atomic mass is 9.95. The minimum atomic E-state index is -0.0909. The van der Waals surface area contributed by atoms with Gasteiger partial charge in [-0.05, 0) is 25.0 Å². The maximum atomic E-state index is 12.5. The molecular weight excluding hydrogens is 296 g/mol. The van der Waals surface area contributed by atoms with Crippen molar-refractivity contribution in [2.45, 2.75) is 26.2 Å². The van der Waals surface area contributed by atoms with Crippen molar-refractivity contribution in [2.24, 2.45) is 5.92 Å². The third kappa shape index (κ3) is 4.15. The molecule has 23 heavy (non-hydrogen) atoms. The Morgan fingerprint density at radius 3 is 2.48 bits per heavy atom. The third-order valence-corrected chi connectivity index (χ3v) is 4.19. The van der Waals surface area contributed by atoms with Gasteiger partial charge in [0.05, 0.1) is 19.9 Å². The molecule has 1 aromatic carbocycles. The van der Waals surface area contributed by atoms with Gasteiger partial charge >= 0.3 is 0 Å². The highest BCUT2D eigenvalue weighted by molar-refractivity contribution is 5.94. The molecule has 0 unspecified atom stereocenters. The summed E-state index contributed by atoms with van der Waals surface area (Å²) in [6, 6.07) is 5.28. The first-order valence-corrected chi connectivity index (χ1v) is 7.89. The van der Waals surface area contributed by atoms with Gasteiger partial charge in [0, 0.05) is 31.5 Å². The van der Waals surface area contributed by atoms with Crippen molar-refractivity contribution in [1.82, 2.24) is 4.90 Å². The molecule has 1 heterocycles. The Labute approximate surface area is 136 Å². The smallest absolute Gasteiger partial charge is 0.227 e. The van der Waals surface area contributed by atoms with Crippen LogP contribution in [0.3, 0.4) is 0 Å². The van der Waals surface area contributed by atoms with Gasteiger partial charge < -0.3 is 19.7 Å². The number of carbonyl (C=O) groups excluding carboxylic acids is 2. The van der Waals surface area contributed by atoms with E-state index >= 15 is 0 Å². The highest BCUT2D eigenvalue weighted by Crippen LogP contribution is 2.30. The molecule has 0 spiro atoms. The molecular formula is C17H24N2O4. The number of carbonyl (C=O) groups is 2. The lowest BCUT2D eigenvalue weighted by molar-refractivity contribution is -0.134. The average Bonchev–Trinajstić information content (AvgIpc) is 2.61. The summed E-state index contributed by atoms with van der Waals surface area (Å²) in [5.41, 5.74) is 0.601. The van der Waals surface area contributed by atoms with Crippen LogP contribution in [-0.4, -0.2) is 44.0 Å². The number of benzene rings is 1. The van der Waals surface area contributed by atoms with E-state index in [9.17, 15) is 9.59 Å². The van der Waals surface area contributed by atoms with Gasteiger partial charge in [-0.3, -0.25) is 9.59 Å². The molecule has 1 saturated heterocycles. The fourth-order valence-corrected chi connectivity index (χ4v) is 2.76. The van der Waals surface area contributed by atoms with Gasteiger partial charge in [-0.2, -0.15) is 0 Å². The van der Waals surface area contributed by atoms with Crippen molar-refractivity contribution < 1.29 is 19.1 Å². The van der Waals surface area contributed by atoms with Crippen LogP contribution in [0.2, 0.25) is 0 Å². The van der Waals surface area contributed by atoms with Gasteiger partial charge in [0.15, 0.2) is 0 Å². The molecule has 0 bridgehead atoms. The second-order valence-corrected chi connectivity index (χ2v) is 5.56. The number of likely N-dealkylation sites (tertiary alicyclic amines) is 1. The highest BCUT2D eigenvalue weighted by Gasteiger charge is 2.27. The third-order valence-electron chi connectivity index (χ3n) is 4.19. The molecule has 2 rings (SSSR count). The number of nitrogens with zero attached hydrogens (tertiary/aromatic N) is 1. The number of methoxy groups -OCH3 is 2. The normalized spacial score (nSPS) is 15.2. The van der Waals surface area contributed by atoms with Crippen molar-refractivity contribution in [3.8, 4) is 11.5 Å². The van der Waals surface area contributed by atoms with Gasteiger partial charge in [0.1, 0.15) is 11.5 Å². The van der Waals surface area contributed by atoms with E-state index in [1.54, 1.807) is 32.4 Å². The van der Waals surface area contributed by atoms with Crippen molar-refractivity contribution in [3.05, 3.63) is 18.2 Å². The average molecular weight is 320 g/mol. The maximum absolute atomic E-state index is 12.5. The topological polar surface area (TPSA) is 67.9 Å². The van der Waals surface area contributed by atoms with Crippen LogP contribution in [0, 0.1) is 5.92 Å². The Morgan fingerprint density at radius 2 is 1.91 bits per heavy atom. The van der Waals surface area contributed by atoms with Crippen molar-refractivity contribution in [1.29, 1.82) is 0 Å². The van der Waals surface area contributed by atoms with Gasteiger partial charge in [0.2, 0.25) is 11.8 Å². The highest BCUT2D eigenvalue weighted by atomic mass is 16.5. The molecule has 1 aliphatic rings. The van der Waals surface area contributed by atoms with E-state index in [4.69, 9.17) is 9.47 Å². The van der Waals surface area contributed by atoms with E-state index in [2.05, 4.69) is 5.32 Å². The van der Waals surface area contributed by atoms with Gasteiger partial charge in [-0.25, -0.2) is 0 Å². The SMILES string of the molecule is CCC(=O)N1CCC(C(=O)Nc2cc(OC)ccc2OC)CC1. The first-order chi connectivity index (χ1) is 11.1. The molecule has 126 valence electrons. The Balaban J connectivity index is 1.99. The molecule has 1 fully saturated rings. The second-order valence-electron chi connectivity index (χ2n) is 5.56. The minimum Gasteiger partial charge on any atom is -0.497 e. The fourth-order valence-electron chi connectivity index (χ4n) is 2.76. The van der Waals surface area contributed by atoms with Gasteiger partial charge in [0.25, 0.3) is 0 Å². The van der Waals surface area contributed by atoms with Crippen LogP contribution < -0.4 is 14.8 Å². The minimum absolute atomic E-state index is 0.0415. The Bertz CT molecular complexity index is 566. The van der Waals surface area contributed by atoms with Crippen LogP contribution >= 0.6 is 0 Å². The summed E-state index contributed by atoms with van der Waals surface area (Å²) in [4.78, 5) is 26.0. The van der Waals surface area contributed by atoms with Crippen molar-refractivity contribution in [2.75, 3.05) is 32.6 Å². The number of hydrogen-bond donors (Lipinski definition) is 1. The Hall–Kier alpha value is -2.24. The van der Waals surface area contributed by atoms with E-state index in [1.165, 1.54) is 0 Å². The molecule has 0 atom stereocenters. The molecule has 1 N–H and O–H groups in total. The monoisotopic (exact) mass is 320 g/mol. The van der Waals surface area contributed by atoms with Gasteiger partial charge in [-0.15, -0.1) is 0 Å². The van der Waals surface area contributed by atoms with Crippen LogP contribution in [0.25, 0.3) is 0 Å². The van der Waals surface area contributed by atoms with Crippen LogP contribution in [0.15, 0.2) is 18.2 Å². The predicted molar refractivity (Wildman–Crippen MR) is 87.8 cm³/mol. The molecule has 6 heteroatoms. The number of rotatable bonds is 5. The second kappa shape index (κ2) is 7.85. The predicted octanol–water partition coefficient (Wildman–Crippen LogP) is 2.29. The Kier molecular flexibility index (Phi) is 5.84.